The summed E-state index contributed by atoms with van der Waals surface area (Å²) in [5.41, 5.74) is 8.68. The van der Waals surface area contributed by atoms with Crippen molar-refractivity contribution in [2.75, 3.05) is 26.8 Å². The van der Waals surface area contributed by atoms with Crippen LogP contribution in [0.15, 0.2) is 18.3 Å². The van der Waals surface area contributed by atoms with Crippen LogP contribution in [-0.4, -0.2) is 42.7 Å². The Kier molecular flexibility index (Phi) is 5.31. The van der Waals surface area contributed by atoms with Gasteiger partial charge in [-0.3, -0.25) is 9.88 Å². The summed E-state index contributed by atoms with van der Waals surface area (Å²) >= 11 is 0. The first-order valence-electron chi connectivity index (χ1n) is 7.13. The van der Waals surface area contributed by atoms with Gasteiger partial charge in [-0.15, -0.1) is 0 Å². The van der Waals surface area contributed by atoms with Crippen LogP contribution < -0.4 is 5.73 Å². The fourth-order valence-corrected chi connectivity index (χ4v) is 2.83. The quantitative estimate of drug-likeness (QED) is 0.901. The van der Waals surface area contributed by atoms with Crippen LogP contribution in [0, 0.1) is 6.92 Å². The van der Waals surface area contributed by atoms with Crippen LogP contribution in [0.25, 0.3) is 0 Å². The van der Waals surface area contributed by atoms with E-state index in [0.717, 1.165) is 31.8 Å². The first kappa shape index (κ1) is 14.4. The Balaban J connectivity index is 2.20. The van der Waals surface area contributed by atoms with Gasteiger partial charge in [0.15, 0.2) is 0 Å². The number of aromatic nitrogens is 1. The van der Waals surface area contributed by atoms with Crippen molar-refractivity contribution in [3.8, 4) is 0 Å². The number of nitrogens with zero attached hydrogens (tertiary/aromatic N) is 2. The molecular formula is C15H25N3O. The average Bonchev–Trinajstić information content (AvgIpc) is 2.59. The molecule has 2 N–H and O–H groups in total. The third-order valence-corrected chi connectivity index (χ3v) is 3.89. The number of nitrogens with two attached hydrogens (primary N) is 1. The summed E-state index contributed by atoms with van der Waals surface area (Å²) in [6.45, 7) is 4.79. The van der Waals surface area contributed by atoms with Crippen LogP contribution in [0.2, 0.25) is 0 Å². The minimum Gasteiger partial charge on any atom is -0.383 e. The predicted octanol–water partition coefficient (Wildman–Crippen LogP) is 1.89. The van der Waals surface area contributed by atoms with Crippen molar-refractivity contribution >= 4 is 0 Å². The van der Waals surface area contributed by atoms with Gasteiger partial charge in [0.1, 0.15) is 0 Å². The Morgan fingerprint density at radius 3 is 2.95 bits per heavy atom. The normalized spacial score (nSPS) is 25.2. The molecular weight excluding hydrogens is 238 g/mol. The summed E-state index contributed by atoms with van der Waals surface area (Å²) in [6, 6.07) is 4.69. The van der Waals surface area contributed by atoms with Gasteiger partial charge >= 0.3 is 0 Å². The average molecular weight is 263 g/mol. The molecule has 4 heteroatoms. The molecule has 1 fully saturated rings. The van der Waals surface area contributed by atoms with Gasteiger partial charge in [-0.2, -0.15) is 0 Å². The van der Waals surface area contributed by atoms with Gasteiger partial charge in [-0.05, 0) is 37.9 Å². The first-order valence-corrected chi connectivity index (χ1v) is 7.13. The van der Waals surface area contributed by atoms with Gasteiger partial charge in [-0.25, -0.2) is 0 Å². The molecule has 0 amide bonds. The van der Waals surface area contributed by atoms with Crippen molar-refractivity contribution in [3.63, 3.8) is 0 Å². The second-order valence-electron chi connectivity index (χ2n) is 5.37. The molecule has 0 spiro atoms. The molecule has 2 heterocycles. The van der Waals surface area contributed by atoms with Crippen LogP contribution in [0.1, 0.15) is 36.6 Å². The zero-order chi connectivity index (χ0) is 13.7. The van der Waals surface area contributed by atoms with Gasteiger partial charge in [0, 0.05) is 31.6 Å². The van der Waals surface area contributed by atoms with Crippen LogP contribution >= 0.6 is 0 Å². The van der Waals surface area contributed by atoms with Crippen LogP contribution in [0.4, 0.5) is 0 Å². The van der Waals surface area contributed by atoms with Crippen molar-refractivity contribution in [3.05, 3.63) is 29.6 Å². The summed E-state index contributed by atoms with van der Waals surface area (Å²) < 4.78 is 5.23. The second-order valence-corrected chi connectivity index (χ2v) is 5.37. The summed E-state index contributed by atoms with van der Waals surface area (Å²) in [7, 11) is 1.75. The fraction of sp³-hybridized carbons (Fsp3) is 0.667. The Labute approximate surface area is 116 Å². The Morgan fingerprint density at radius 2 is 2.26 bits per heavy atom. The standard InChI is InChI=1S/C15H25N3O/c1-12-6-7-13(11-17-12)15-14(16)5-3-4-8-18(15)9-10-19-2/h6-7,11,14-15H,3-5,8-10,16H2,1-2H3. The molecule has 1 saturated heterocycles. The lowest BCUT2D eigenvalue weighted by Gasteiger charge is -2.33. The highest BCUT2D eigenvalue weighted by atomic mass is 16.5. The number of hydrogen-bond acceptors (Lipinski definition) is 4. The SMILES string of the molecule is COCCN1CCCCC(N)C1c1ccc(C)nc1. The molecule has 19 heavy (non-hydrogen) atoms. The fourth-order valence-electron chi connectivity index (χ4n) is 2.83. The Bertz CT molecular complexity index is 379. The summed E-state index contributed by atoms with van der Waals surface area (Å²) in [5, 5.41) is 0. The maximum absolute atomic E-state index is 6.40. The molecule has 2 unspecified atom stereocenters. The van der Waals surface area contributed by atoms with Crippen molar-refractivity contribution in [2.24, 2.45) is 5.73 Å². The van der Waals surface area contributed by atoms with Gasteiger partial charge in [0.25, 0.3) is 0 Å². The third kappa shape index (κ3) is 3.75. The Morgan fingerprint density at radius 1 is 1.42 bits per heavy atom. The molecule has 0 aliphatic carbocycles. The van der Waals surface area contributed by atoms with Gasteiger partial charge < -0.3 is 10.5 Å². The van der Waals surface area contributed by atoms with Crippen molar-refractivity contribution in [2.45, 2.75) is 38.3 Å². The summed E-state index contributed by atoms with van der Waals surface area (Å²) in [4.78, 5) is 6.87. The number of rotatable bonds is 4. The molecule has 1 aromatic rings. The van der Waals surface area contributed by atoms with E-state index < -0.39 is 0 Å². The highest BCUT2D eigenvalue weighted by molar-refractivity contribution is 5.19. The predicted molar refractivity (Wildman–Crippen MR) is 77.0 cm³/mol. The van der Waals surface area contributed by atoms with E-state index in [1.165, 1.54) is 18.4 Å². The minimum atomic E-state index is 0.184. The zero-order valence-electron chi connectivity index (χ0n) is 12.0. The molecule has 1 aliphatic rings. The lowest BCUT2D eigenvalue weighted by molar-refractivity contribution is 0.115. The number of hydrogen-bond donors (Lipinski definition) is 1. The van der Waals surface area contributed by atoms with Crippen molar-refractivity contribution in [1.82, 2.24) is 9.88 Å². The molecule has 2 atom stereocenters. The van der Waals surface area contributed by atoms with E-state index in [1.807, 2.05) is 13.1 Å². The maximum atomic E-state index is 6.40. The minimum absolute atomic E-state index is 0.184. The monoisotopic (exact) mass is 263 g/mol. The number of likely N-dealkylation sites (tertiary alicyclic amines) is 1. The molecule has 1 aromatic heterocycles. The van der Waals surface area contributed by atoms with E-state index in [0.29, 0.717) is 0 Å². The van der Waals surface area contributed by atoms with Crippen molar-refractivity contribution < 1.29 is 4.74 Å². The largest absolute Gasteiger partial charge is 0.383 e. The molecule has 0 saturated carbocycles. The van der Waals surface area contributed by atoms with E-state index in [1.54, 1.807) is 7.11 Å². The zero-order valence-corrected chi connectivity index (χ0v) is 12.0. The molecule has 0 radical (unpaired) electrons. The van der Waals surface area contributed by atoms with Crippen molar-refractivity contribution in [1.29, 1.82) is 0 Å². The lowest BCUT2D eigenvalue weighted by Crippen LogP contribution is -2.41. The first-order chi connectivity index (χ1) is 9.22. The van der Waals surface area contributed by atoms with E-state index in [-0.39, 0.29) is 12.1 Å². The van der Waals surface area contributed by atoms with Gasteiger partial charge in [-0.1, -0.05) is 12.5 Å². The van der Waals surface area contributed by atoms with E-state index >= 15 is 0 Å². The summed E-state index contributed by atoms with van der Waals surface area (Å²) in [5.74, 6) is 0. The lowest BCUT2D eigenvalue weighted by atomic mass is 9.97. The second kappa shape index (κ2) is 6.98. The third-order valence-electron chi connectivity index (χ3n) is 3.89. The van der Waals surface area contributed by atoms with E-state index in [4.69, 9.17) is 10.5 Å². The maximum Gasteiger partial charge on any atom is 0.0589 e. The Hall–Kier alpha value is -0.970. The smallest absolute Gasteiger partial charge is 0.0589 e. The molecule has 106 valence electrons. The molecule has 4 nitrogen and oxygen atoms in total. The molecule has 0 aromatic carbocycles. The van der Waals surface area contributed by atoms with Gasteiger partial charge in [0.2, 0.25) is 0 Å². The molecule has 2 rings (SSSR count). The number of pyridine rings is 1. The summed E-state index contributed by atoms with van der Waals surface area (Å²) in [6.07, 6.45) is 5.49. The number of methoxy groups -OCH3 is 1. The number of aryl methyl sites for hydroxylation is 1. The van der Waals surface area contributed by atoms with E-state index in [2.05, 4.69) is 22.0 Å². The van der Waals surface area contributed by atoms with Crippen LogP contribution in [-0.2, 0) is 4.74 Å². The van der Waals surface area contributed by atoms with E-state index in [9.17, 15) is 0 Å². The highest BCUT2D eigenvalue weighted by Gasteiger charge is 2.28. The molecule has 1 aliphatic heterocycles. The molecule has 0 bridgehead atoms. The highest BCUT2D eigenvalue weighted by Crippen LogP contribution is 2.28. The van der Waals surface area contributed by atoms with Gasteiger partial charge in [0.05, 0.1) is 12.6 Å². The van der Waals surface area contributed by atoms with Crippen LogP contribution in [0.5, 0.6) is 0 Å². The number of ether oxygens (including phenoxy) is 1. The topological polar surface area (TPSA) is 51.4 Å². The van der Waals surface area contributed by atoms with Crippen LogP contribution in [0.3, 0.4) is 0 Å².